The number of sulfonamides is 1. The van der Waals surface area contributed by atoms with Crippen LogP contribution in [0.2, 0.25) is 0 Å². The molecule has 0 spiro atoms. The molecule has 1 unspecified atom stereocenters. The van der Waals surface area contributed by atoms with Crippen molar-refractivity contribution in [3.05, 3.63) is 70.9 Å². The lowest BCUT2D eigenvalue weighted by molar-refractivity contribution is 0.285. The zero-order chi connectivity index (χ0) is 26.0. The van der Waals surface area contributed by atoms with Crippen LogP contribution in [-0.2, 0) is 22.9 Å². The molecular weight excluding hydrogens is 493 g/mol. The van der Waals surface area contributed by atoms with Gasteiger partial charge in [0.25, 0.3) is 0 Å². The van der Waals surface area contributed by atoms with E-state index in [0.29, 0.717) is 24.4 Å². The molecule has 1 atom stereocenters. The number of benzene rings is 2. The molecule has 1 aliphatic rings. The fourth-order valence-corrected chi connectivity index (χ4v) is 4.65. The van der Waals surface area contributed by atoms with Crippen LogP contribution in [-0.4, -0.2) is 43.3 Å². The summed E-state index contributed by atoms with van der Waals surface area (Å²) in [6, 6.07) is 7.34. The maximum Gasteiger partial charge on any atom is 0.209 e. The smallest absolute Gasteiger partial charge is 0.209 e. The summed E-state index contributed by atoms with van der Waals surface area (Å²) in [5.41, 5.74) is 1.45. The van der Waals surface area contributed by atoms with Gasteiger partial charge in [0.2, 0.25) is 10.0 Å². The van der Waals surface area contributed by atoms with Crippen LogP contribution >= 0.6 is 0 Å². The average molecular weight is 521 g/mol. The largest absolute Gasteiger partial charge is 0.486 e. The third kappa shape index (κ3) is 5.79. The molecular formula is C25H27F3N4O3S. The van der Waals surface area contributed by atoms with E-state index in [1.54, 1.807) is 12.1 Å². The molecule has 192 valence electrons. The number of aryl methyl sites for hydroxylation is 1. The number of fused-ring (bicyclic) bond motifs is 1. The Labute approximate surface area is 208 Å². The highest BCUT2D eigenvalue weighted by atomic mass is 32.2. The predicted octanol–water partition coefficient (Wildman–Crippen LogP) is 3.98. The van der Waals surface area contributed by atoms with E-state index in [1.165, 1.54) is 18.2 Å². The van der Waals surface area contributed by atoms with E-state index >= 15 is 0 Å². The Morgan fingerprint density at radius 3 is 2.61 bits per heavy atom. The summed E-state index contributed by atoms with van der Waals surface area (Å²) >= 11 is 0. The number of aromatic nitrogens is 2. The van der Waals surface area contributed by atoms with Crippen LogP contribution in [0.3, 0.4) is 0 Å². The summed E-state index contributed by atoms with van der Waals surface area (Å²) in [5.74, 6) is -1.92. The van der Waals surface area contributed by atoms with E-state index in [4.69, 9.17) is 9.88 Å². The molecule has 7 nitrogen and oxygen atoms in total. The molecule has 2 heterocycles. The van der Waals surface area contributed by atoms with E-state index in [9.17, 15) is 21.6 Å². The van der Waals surface area contributed by atoms with Crippen molar-refractivity contribution in [3.63, 3.8) is 0 Å². The van der Waals surface area contributed by atoms with Crippen molar-refractivity contribution < 1.29 is 26.3 Å². The van der Waals surface area contributed by atoms with Gasteiger partial charge in [0.05, 0.1) is 24.2 Å². The molecule has 3 aromatic rings. The lowest BCUT2D eigenvalue weighted by Crippen LogP contribution is -2.39. The Balaban J connectivity index is 1.63. The standard InChI is InChI=1S/C25H27F3N4O3S/c1-3-15(2)32-7-8-35-25-20(27)12-18(13-22(25)32)24-21(28)14-30-23(31-24)11-16-4-5-17(19(26)10-16)6-9-36(29,33)34/h4-5,10,12-15H,3,6-9,11H2,1-2H3,(H2,29,33,34). The van der Waals surface area contributed by atoms with Crippen molar-refractivity contribution >= 4 is 15.7 Å². The summed E-state index contributed by atoms with van der Waals surface area (Å²) < 4.78 is 72.0. The molecule has 0 amide bonds. The number of nitrogens with two attached hydrogens (primary N) is 1. The van der Waals surface area contributed by atoms with E-state index in [2.05, 4.69) is 9.97 Å². The third-order valence-corrected chi connectivity index (χ3v) is 7.01. The van der Waals surface area contributed by atoms with E-state index < -0.39 is 27.5 Å². The fraction of sp³-hybridized carbons (Fsp3) is 0.360. The third-order valence-electron chi connectivity index (χ3n) is 6.24. The van der Waals surface area contributed by atoms with Gasteiger partial charge in [0.15, 0.2) is 17.4 Å². The molecule has 0 fully saturated rings. The zero-order valence-corrected chi connectivity index (χ0v) is 20.8. The average Bonchev–Trinajstić information content (AvgIpc) is 2.83. The van der Waals surface area contributed by atoms with Gasteiger partial charge in [-0.25, -0.2) is 36.7 Å². The van der Waals surface area contributed by atoms with E-state index in [-0.39, 0.29) is 53.0 Å². The number of nitrogens with zero attached hydrogens (tertiary/aromatic N) is 3. The van der Waals surface area contributed by atoms with Gasteiger partial charge in [-0.15, -0.1) is 0 Å². The van der Waals surface area contributed by atoms with Crippen LogP contribution in [0, 0.1) is 17.5 Å². The minimum absolute atomic E-state index is 0.0522. The predicted molar refractivity (Wildman–Crippen MR) is 131 cm³/mol. The minimum Gasteiger partial charge on any atom is -0.486 e. The van der Waals surface area contributed by atoms with Crippen molar-refractivity contribution in [1.29, 1.82) is 0 Å². The Bertz CT molecular complexity index is 1390. The van der Waals surface area contributed by atoms with Crippen molar-refractivity contribution in [3.8, 4) is 17.0 Å². The Hall–Kier alpha value is -3.18. The number of hydrogen-bond donors (Lipinski definition) is 1. The number of halogens is 3. The highest BCUT2D eigenvalue weighted by Gasteiger charge is 2.26. The summed E-state index contributed by atoms with van der Waals surface area (Å²) in [5, 5.41) is 4.99. The van der Waals surface area contributed by atoms with Gasteiger partial charge in [-0.05, 0) is 49.1 Å². The van der Waals surface area contributed by atoms with Gasteiger partial charge in [-0.2, -0.15) is 0 Å². The highest BCUT2D eigenvalue weighted by molar-refractivity contribution is 7.89. The molecule has 2 aromatic carbocycles. The molecule has 1 aromatic heterocycles. The molecule has 0 saturated heterocycles. The van der Waals surface area contributed by atoms with Gasteiger partial charge >= 0.3 is 0 Å². The first-order valence-corrected chi connectivity index (χ1v) is 13.3. The SMILES string of the molecule is CCC(C)N1CCOc2c(F)cc(-c3nc(Cc4ccc(CCS(N)(=O)=O)c(F)c4)ncc3F)cc21. The summed E-state index contributed by atoms with van der Waals surface area (Å²) in [7, 11) is -3.71. The monoisotopic (exact) mass is 520 g/mol. The van der Waals surface area contributed by atoms with Gasteiger partial charge in [-0.3, -0.25) is 0 Å². The second-order valence-corrected chi connectivity index (χ2v) is 10.5. The molecule has 11 heteroatoms. The second kappa shape index (κ2) is 10.4. The van der Waals surface area contributed by atoms with Crippen LogP contribution in [0.4, 0.5) is 18.9 Å². The van der Waals surface area contributed by atoms with Crippen molar-refractivity contribution in [2.24, 2.45) is 5.14 Å². The molecule has 0 saturated carbocycles. The van der Waals surface area contributed by atoms with Crippen molar-refractivity contribution in [1.82, 2.24) is 9.97 Å². The molecule has 0 radical (unpaired) electrons. The van der Waals surface area contributed by atoms with Crippen molar-refractivity contribution in [2.45, 2.75) is 39.2 Å². The first-order valence-electron chi connectivity index (χ1n) is 11.6. The first kappa shape index (κ1) is 25.9. The molecule has 4 rings (SSSR count). The van der Waals surface area contributed by atoms with Gasteiger partial charge in [-0.1, -0.05) is 19.1 Å². The summed E-state index contributed by atoms with van der Waals surface area (Å²) in [6.45, 7) is 5.01. The van der Waals surface area contributed by atoms with Crippen molar-refractivity contribution in [2.75, 3.05) is 23.8 Å². The van der Waals surface area contributed by atoms with Crippen LogP contribution in [0.25, 0.3) is 11.3 Å². The van der Waals surface area contributed by atoms with Gasteiger partial charge in [0, 0.05) is 18.0 Å². The lowest BCUT2D eigenvalue weighted by Gasteiger charge is -2.36. The molecule has 1 aliphatic heterocycles. The zero-order valence-electron chi connectivity index (χ0n) is 20.0. The van der Waals surface area contributed by atoms with Gasteiger partial charge < -0.3 is 9.64 Å². The lowest BCUT2D eigenvalue weighted by atomic mass is 10.0. The second-order valence-electron chi connectivity index (χ2n) is 8.81. The van der Waals surface area contributed by atoms with Crippen LogP contribution < -0.4 is 14.8 Å². The van der Waals surface area contributed by atoms with Crippen LogP contribution in [0.15, 0.2) is 36.5 Å². The number of rotatable bonds is 8. The van der Waals surface area contributed by atoms with Crippen LogP contribution in [0.1, 0.15) is 37.2 Å². The quantitative estimate of drug-likeness (QED) is 0.483. The number of hydrogen-bond acceptors (Lipinski definition) is 6. The number of ether oxygens (including phenoxy) is 1. The first-order chi connectivity index (χ1) is 17.1. The van der Waals surface area contributed by atoms with E-state index in [0.717, 1.165) is 12.6 Å². The molecule has 2 N–H and O–H groups in total. The number of primary sulfonamides is 1. The summed E-state index contributed by atoms with van der Waals surface area (Å²) in [6.07, 6.45) is 1.89. The van der Waals surface area contributed by atoms with Gasteiger partial charge in [0.1, 0.15) is 23.9 Å². The normalized spacial score (nSPS) is 14.3. The Kier molecular flexibility index (Phi) is 7.51. The van der Waals surface area contributed by atoms with E-state index in [1.807, 2.05) is 18.7 Å². The molecule has 36 heavy (non-hydrogen) atoms. The maximum absolute atomic E-state index is 15.0. The Morgan fingerprint density at radius 2 is 1.92 bits per heavy atom. The summed E-state index contributed by atoms with van der Waals surface area (Å²) in [4.78, 5) is 10.4. The molecule has 0 aliphatic carbocycles. The Morgan fingerprint density at radius 1 is 1.14 bits per heavy atom. The maximum atomic E-state index is 15.0. The topological polar surface area (TPSA) is 98.4 Å². The molecule has 0 bridgehead atoms. The minimum atomic E-state index is -3.71. The number of anilines is 1. The fourth-order valence-electron chi connectivity index (χ4n) is 4.15. The highest BCUT2D eigenvalue weighted by Crippen LogP contribution is 2.39. The van der Waals surface area contributed by atoms with Crippen LogP contribution in [0.5, 0.6) is 5.75 Å².